The van der Waals surface area contributed by atoms with Crippen LogP contribution in [0.1, 0.15) is 36.5 Å². The smallest absolute Gasteiger partial charge is 0.255 e. The van der Waals surface area contributed by atoms with Gasteiger partial charge >= 0.3 is 0 Å². The van der Waals surface area contributed by atoms with Gasteiger partial charge in [0.05, 0.1) is 5.56 Å². The maximum absolute atomic E-state index is 12.0. The first-order valence-corrected chi connectivity index (χ1v) is 7.62. The van der Waals surface area contributed by atoms with Crippen molar-refractivity contribution in [3.8, 4) is 5.75 Å². The standard InChI is InChI=1S/C16H25N3O2/c1-3-18-16(20)14-8-7-12(17)10-15(14)21-11-13-6-4-5-9-19(13)2/h7-8,10,13H,3-6,9,11,17H2,1-2H3,(H,18,20). The number of anilines is 1. The van der Waals surface area contributed by atoms with Crippen molar-refractivity contribution in [2.45, 2.75) is 32.2 Å². The first kappa shape index (κ1) is 15.6. The Bertz CT molecular complexity index is 490. The lowest BCUT2D eigenvalue weighted by Gasteiger charge is -2.32. The highest BCUT2D eigenvalue weighted by Gasteiger charge is 2.20. The number of amides is 1. The molecular formula is C16H25N3O2. The highest BCUT2D eigenvalue weighted by atomic mass is 16.5. The molecule has 116 valence electrons. The highest BCUT2D eigenvalue weighted by Crippen LogP contribution is 2.23. The van der Waals surface area contributed by atoms with E-state index < -0.39 is 0 Å². The van der Waals surface area contributed by atoms with Gasteiger partial charge in [-0.15, -0.1) is 0 Å². The summed E-state index contributed by atoms with van der Waals surface area (Å²) < 4.78 is 5.91. The van der Waals surface area contributed by atoms with Crippen molar-refractivity contribution in [2.24, 2.45) is 0 Å². The van der Waals surface area contributed by atoms with Crippen LogP contribution < -0.4 is 15.8 Å². The average Bonchev–Trinajstić information content (AvgIpc) is 2.46. The molecule has 0 bridgehead atoms. The lowest BCUT2D eigenvalue weighted by Crippen LogP contribution is -2.40. The predicted octanol–water partition coefficient (Wildman–Crippen LogP) is 1.88. The van der Waals surface area contributed by atoms with Crippen LogP contribution in [0, 0.1) is 0 Å². The zero-order valence-electron chi connectivity index (χ0n) is 12.9. The van der Waals surface area contributed by atoms with Crippen LogP contribution in [0.3, 0.4) is 0 Å². The molecule has 1 aliphatic heterocycles. The minimum Gasteiger partial charge on any atom is -0.491 e. The van der Waals surface area contributed by atoms with E-state index in [1.807, 2.05) is 6.92 Å². The van der Waals surface area contributed by atoms with E-state index in [1.165, 1.54) is 12.8 Å². The van der Waals surface area contributed by atoms with Crippen LogP contribution in [0.25, 0.3) is 0 Å². The molecule has 0 aromatic heterocycles. The fourth-order valence-corrected chi connectivity index (χ4v) is 2.64. The molecule has 5 nitrogen and oxygen atoms in total. The number of ether oxygens (including phenoxy) is 1. The molecule has 0 aliphatic carbocycles. The van der Waals surface area contributed by atoms with E-state index in [0.717, 1.165) is 13.0 Å². The molecule has 1 unspecified atom stereocenters. The molecule has 3 N–H and O–H groups in total. The second-order valence-electron chi connectivity index (χ2n) is 5.56. The van der Waals surface area contributed by atoms with Crippen LogP contribution in [-0.4, -0.2) is 43.6 Å². The van der Waals surface area contributed by atoms with Gasteiger partial charge < -0.3 is 20.7 Å². The van der Waals surface area contributed by atoms with Crippen molar-refractivity contribution in [2.75, 3.05) is 32.5 Å². The molecule has 0 spiro atoms. The Hall–Kier alpha value is -1.75. The molecule has 0 radical (unpaired) electrons. The number of benzene rings is 1. The summed E-state index contributed by atoms with van der Waals surface area (Å²) in [5.74, 6) is 0.449. The number of likely N-dealkylation sites (N-methyl/N-ethyl adjacent to an activating group) is 1. The van der Waals surface area contributed by atoms with Gasteiger partial charge in [-0.3, -0.25) is 4.79 Å². The summed E-state index contributed by atoms with van der Waals surface area (Å²) in [7, 11) is 2.12. The quantitative estimate of drug-likeness (QED) is 0.813. The van der Waals surface area contributed by atoms with Crippen molar-refractivity contribution in [1.82, 2.24) is 10.2 Å². The zero-order chi connectivity index (χ0) is 15.2. The SMILES string of the molecule is CCNC(=O)c1ccc(N)cc1OCC1CCCCN1C. The fourth-order valence-electron chi connectivity index (χ4n) is 2.64. The molecular weight excluding hydrogens is 266 g/mol. The Morgan fingerprint density at radius 2 is 2.29 bits per heavy atom. The summed E-state index contributed by atoms with van der Waals surface area (Å²) in [6, 6.07) is 5.58. The third-order valence-corrected chi connectivity index (χ3v) is 3.94. The van der Waals surface area contributed by atoms with Crippen molar-refractivity contribution >= 4 is 11.6 Å². The molecule has 5 heteroatoms. The van der Waals surface area contributed by atoms with Gasteiger partial charge in [-0.25, -0.2) is 0 Å². The highest BCUT2D eigenvalue weighted by molar-refractivity contribution is 5.97. The summed E-state index contributed by atoms with van der Waals surface area (Å²) >= 11 is 0. The fraction of sp³-hybridized carbons (Fsp3) is 0.562. The molecule has 1 fully saturated rings. The number of piperidine rings is 1. The normalized spacial score (nSPS) is 19.2. The van der Waals surface area contributed by atoms with Crippen LogP contribution in [0.4, 0.5) is 5.69 Å². The Balaban J connectivity index is 2.07. The summed E-state index contributed by atoms with van der Waals surface area (Å²) in [6.07, 6.45) is 3.61. The molecule has 21 heavy (non-hydrogen) atoms. The number of hydrogen-bond donors (Lipinski definition) is 2. The third-order valence-electron chi connectivity index (χ3n) is 3.94. The summed E-state index contributed by atoms with van der Waals surface area (Å²) in [5.41, 5.74) is 6.97. The number of nitrogens with zero attached hydrogens (tertiary/aromatic N) is 1. The predicted molar refractivity (Wildman–Crippen MR) is 84.6 cm³/mol. The van der Waals surface area contributed by atoms with Gasteiger partial charge in [0.25, 0.3) is 5.91 Å². The average molecular weight is 291 g/mol. The first-order chi connectivity index (χ1) is 10.1. The Kier molecular flexibility index (Phi) is 5.44. The van der Waals surface area contributed by atoms with E-state index in [4.69, 9.17) is 10.5 Å². The second-order valence-corrected chi connectivity index (χ2v) is 5.56. The minimum atomic E-state index is -0.121. The molecule has 1 aromatic carbocycles. The van der Waals surface area contributed by atoms with Gasteiger partial charge in [0, 0.05) is 24.3 Å². The Morgan fingerprint density at radius 1 is 1.48 bits per heavy atom. The van der Waals surface area contributed by atoms with Crippen LogP contribution >= 0.6 is 0 Å². The third kappa shape index (κ3) is 4.11. The van der Waals surface area contributed by atoms with Gasteiger partial charge in [-0.1, -0.05) is 6.42 Å². The number of nitrogens with two attached hydrogens (primary N) is 1. The van der Waals surface area contributed by atoms with Gasteiger partial charge in [0.1, 0.15) is 12.4 Å². The van der Waals surface area contributed by atoms with E-state index >= 15 is 0 Å². The zero-order valence-corrected chi connectivity index (χ0v) is 12.9. The molecule has 1 amide bonds. The van der Waals surface area contributed by atoms with Gasteiger partial charge in [-0.05, 0) is 45.5 Å². The van der Waals surface area contributed by atoms with Gasteiger partial charge in [-0.2, -0.15) is 0 Å². The molecule has 1 aromatic rings. The van der Waals surface area contributed by atoms with E-state index in [2.05, 4.69) is 17.3 Å². The summed E-state index contributed by atoms with van der Waals surface area (Å²) in [4.78, 5) is 14.4. The van der Waals surface area contributed by atoms with Crippen LogP contribution in [0.2, 0.25) is 0 Å². The largest absolute Gasteiger partial charge is 0.491 e. The van der Waals surface area contributed by atoms with Crippen LogP contribution in [0.15, 0.2) is 18.2 Å². The number of likely N-dealkylation sites (tertiary alicyclic amines) is 1. The molecule has 1 atom stereocenters. The van der Waals surface area contributed by atoms with Crippen molar-refractivity contribution < 1.29 is 9.53 Å². The maximum atomic E-state index is 12.0. The summed E-state index contributed by atoms with van der Waals surface area (Å²) in [5, 5.41) is 2.80. The van der Waals surface area contributed by atoms with Crippen molar-refractivity contribution in [3.63, 3.8) is 0 Å². The van der Waals surface area contributed by atoms with Gasteiger partial charge in [0.2, 0.25) is 0 Å². The molecule has 2 rings (SSSR count). The molecule has 1 heterocycles. The molecule has 0 saturated carbocycles. The Labute approximate surface area is 126 Å². The monoisotopic (exact) mass is 291 g/mol. The second kappa shape index (κ2) is 7.31. The number of rotatable bonds is 5. The Morgan fingerprint density at radius 3 is 3.00 bits per heavy atom. The summed E-state index contributed by atoms with van der Waals surface area (Å²) in [6.45, 7) is 4.18. The van der Waals surface area contributed by atoms with Crippen molar-refractivity contribution in [3.05, 3.63) is 23.8 Å². The van der Waals surface area contributed by atoms with Crippen LogP contribution in [-0.2, 0) is 0 Å². The topological polar surface area (TPSA) is 67.6 Å². The number of nitrogens with one attached hydrogen (secondary N) is 1. The van der Waals surface area contributed by atoms with E-state index in [1.54, 1.807) is 18.2 Å². The lowest BCUT2D eigenvalue weighted by atomic mass is 10.0. The number of nitrogen functional groups attached to an aromatic ring is 1. The van der Waals surface area contributed by atoms with E-state index in [0.29, 0.717) is 36.2 Å². The van der Waals surface area contributed by atoms with Crippen LogP contribution in [0.5, 0.6) is 5.75 Å². The molecule has 1 saturated heterocycles. The number of carbonyl (C=O) groups excluding carboxylic acids is 1. The van der Waals surface area contributed by atoms with E-state index in [9.17, 15) is 4.79 Å². The van der Waals surface area contributed by atoms with Crippen molar-refractivity contribution in [1.29, 1.82) is 0 Å². The minimum absolute atomic E-state index is 0.121. The molecule has 1 aliphatic rings. The first-order valence-electron chi connectivity index (χ1n) is 7.62. The van der Waals surface area contributed by atoms with Gasteiger partial charge in [0.15, 0.2) is 0 Å². The van der Waals surface area contributed by atoms with E-state index in [-0.39, 0.29) is 5.91 Å². The maximum Gasteiger partial charge on any atom is 0.255 e. The number of hydrogen-bond acceptors (Lipinski definition) is 4. The lowest BCUT2D eigenvalue weighted by molar-refractivity contribution is 0.0944. The number of carbonyl (C=O) groups is 1.